The van der Waals surface area contributed by atoms with Gasteiger partial charge in [0.15, 0.2) is 17.4 Å². The largest absolute Gasteiger partial charge is 0.294 e. The molecule has 1 aliphatic carbocycles. The molecule has 1 saturated carbocycles. The third-order valence-corrected chi connectivity index (χ3v) is 3.78. The number of Topliss-reactive ketones (excluding diaryl/α,β-unsaturated/α-hetero) is 1. The minimum absolute atomic E-state index is 0.0397. The molecule has 0 radical (unpaired) electrons. The van der Waals surface area contributed by atoms with Gasteiger partial charge in [0.25, 0.3) is 0 Å². The average Bonchev–Trinajstić information content (AvgIpc) is 2.61. The highest BCUT2D eigenvalue weighted by Crippen LogP contribution is 2.44. The summed E-state index contributed by atoms with van der Waals surface area (Å²) in [7, 11) is 0. The summed E-state index contributed by atoms with van der Waals surface area (Å²) in [6.07, 6.45) is 2.87. The van der Waals surface area contributed by atoms with Crippen molar-refractivity contribution < 1.29 is 13.6 Å². The molecule has 17 heavy (non-hydrogen) atoms. The second-order valence-corrected chi connectivity index (χ2v) is 5.43. The van der Waals surface area contributed by atoms with Crippen LogP contribution in [0.1, 0.15) is 43.5 Å². The van der Waals surface area contributed by atoms with Crippen molar-refractivity contribution in [2.75, 3.05) is 0 Å². The summed E-state index contributed by atoms with van der Waals surface area (Å²) < 4.78 is 25.9. The second-order valence-electron chi connectivity index (χ2n) is 5.43. The lowest BCUT2D eigenvalue weighted by Crippen LogP contribution is -2.26. The molecule has 1 aliphatic rings. The van der Waals surface area contributed by atoms with E-state index in [2.05, 4.69) is 13.8 Å². The summed E-state index contributed by atoms with van der Waals surface area (Å²) in [5.41, 5.74) is 0.242. The Kier molecular flexibility index (Phi) is 3.02. The molecule has 1 unspecified atom stereocenters. The number of hydrogen-bond acceptors (Lipinski definition) is 1. The maximum absolute atomic E-state index is 13.1. The van der Waals surface area contributed by atoms with E-state index in [-0.39, 0.29) is 22.7 Å². The standard InChI is InChI=1S/C14H16F2O/c1-14(2)7-3-4-10(14)13(17)9-5-6-11(15)12(16)8-9/h5-6,8,10H,3-4,7H2,1-2H3. The van der Waals surface area contributed by atoms with Crippen molar-refractivity contribution in [3.8, 4) is 0 Å². The van der Waals surface area contributed by atoms with Crippen molar-refractivity contribution in [3.05, 3.63) is 35.4 Å². The topological polar surface area (TPSA) is 17.1 Å². The summed E-state index contributed by atoms with van der Waals surface area (Å²) in [6, 6.07) is 3.39. The zero-order valence-corrected chi connectivity index (χ0v) is 10.1. The molecule has 2 rings (SSSR count). The average molecular weight is 238 g/mol. The van der Waals surface area contributed by atoms with Gasteiger partial charge in [0.2, 0.25) is 0 Å². The number of carbonyl (C=O) groups excluding carboxylic acids is 1. The Hall–Kier alpha value is -1.25. The molecule has 92 valence electrons. The summed E-state index contributed by atoms with van der Waals surface area (Å²) >= 11 is 0. The van der Waals surface area contributed by atoms with Gasteiger partial charge in [-0.1, -0.05) is 20.3 Å². The molecule has 3 heteroatoms. The molecular weight excluding hydrogens is 222 g/mol. The summed E-state index contributed by atoms with van der Waals surface area (Å²) in [6.45, 7) is 4.12. The molecule has 0 heterocycles. The molecule has 0 saturated heterocycles. The normalized spacial score (nSPS) is 22.7. The van der Waals surface area contributed by atoms with Gasteiger partial charge in [0, 0.05) is 11.5 Å². The highest BCUT2D eigenvalue weighted by atomic mass is 19.2. The number of rotatable bonds is 2. The molecule has 0 spiro atoms. The highest BCUT2D eigenvalue weighted by Gasteiger charge is 2.39. The van der Waals surface area contributed by atoms with Crippen LogP contribution in [0, 0.1) is 23.0 Å². The maximum Gasteiger partial charge on any atom is 0.166 e. The number of carbonyl (C=O) groups is 1. The molecule has 0 aliphatic heterocycles. The van der Waals surface area contributed by atoms with E-state index in [9.17, 15) is 13.6 Å². The van der Waals surface area contributed by atoms with Crippen molar-refractivity contribution in [1.82, 2.24) is 0 Å². The van der Waals surface area contributed by atoms with Crippen molar-refractivity contribution in [2.24, 2.45) is 11.3 Å². The third-order valence-electron chi connectivity index (χ3n) is 3.78. The molecular formula is C14H16F2O. The fourth-order valence-electron chi connectivity index (χ4n) is 2.66. The number of benzene rings is 1. The van der Waals surface area contributed by atoms with Gasteiger partial charge in [-0.3, -0.25) is 4.79 Å². The van der Waals surface area contributed by atoms with E-state index in [1.807, 2.05) is 0 Å². The van der Waals surface area contributed by atoms with E-state index in [4.69, 9.17) is 0 Å². The molecule has 1 fully saturated rings. The number of halogens is 2. The Labute approximate surface area is 99.8 Å². The zero-order chi connectivity index (χ0) is 12.6. The van der Waals surface area contributed by atoms with Crippen LogP contribution in [0.15, 0.2) is 18.2 Å². The SMILES string of the molecule is CC1(C)CCCC1C(=O)c1ccc(F)c(F)c1. The van der Waals surface area contributed by atoms with Crippen molar-refractivity contribution >= 4 is 5.78 Å². The highest BCUT2D eigenvalue weighted by molar-refractivity contribution is 5.98. The van der Waals surface area contributed by atoms with E-state index in [1.165, 1.54) is 6.07 Å². The maximum atomic E-state index is 13.1. The first-order chi connectivity index (χ1) is 7.92. The summed E-state index contributed by atoms with van der Waals surface area (Å²) in [5.74, 6) is -2.00. The van der Waals surface area contributed by atoms with Crippen molar-refractivity contribution in [3.63, 3.8) is 0 Å². The number of hydrogen-bond donors (Lipinski definition) is 0. The van der Waals surface area contributed by atoms with Crippen molar-refractivity contribution in [1.29, 1.82) is 0 Å². The molecule has 0 N–H and O–H groups in total. The predicted octanol–water partition coefficient (Wildman–Crippen LogP) is 3.97. The van der Waals surface area contributed by atoms with Gasteiger partial charge in [0.1, 0.15) is 0 Å². The first-order valence-electron chi connectivity index (χ1n) is 5.91. The Morgan fingerprint density at radius 2 is 2.00 bits per heavy atom. The van der Waals surface area contributed by atoms with Gasteiger partial charge in [-0.15, -0.1) is 0 Å². The smallest absolute Gasteiger partial charge is 0.166 e. The predicted molar refractivity (Wildman–Crippen MR) is 61.8 cm³/mol. The number of ketones is 1. The van der Waals surface area contributed by atoms with Crippen LogP contribution in [-0.2, 0) is 0 Å². The van der Waals surface area contributed by atoms with Crippen molar-refractivity contribution in [2.45, 2.75) is 33.1 Å². The first kappa shape index (κ1) is 12.2. The van der Waals surface area contributed by atoms with E-state index in [0.717, 1.165) is 31.4 Å². The Morgan fingerprint density at radius 1 is 1.29 bits per heavy atom. The third kappa shape index (κ3) is 2.24. The van der Waals surface area contributed by atoms with Crippen LogP contribution >= 0.6 is 0 Å². The van der Waals surface area contributed by atoms with Crippen LogP contribution in [0.5, 0.6) is 0 Å². The van der Waals surface area contributed by atoms with Gasteiger partial charge < -0.3 is 0 Å². The molecule has 1 aromatic rings. The minimum atomic E-state index is -0.952. The first-order valence-corrected chi connectivity index (χ1v) is 5.91. The molecule has 0 amide bonds. The Morgan fingerprint density at radius 3 is 2.53 bits per heavy atom. The lowest BCUT2D eigenvalue weighted by Gasteiger charge is -2.25. The monoisotopic (exact) mass is 238 g/mol. The van der Waals surface area contributed by atoms with Gasteiger partial charge in [-0.2, -0.15) is 0 Å². The fourth-order valence-corrected chi connectivity index (χ4v) is 2.66. The minimum Gasteiger partial charge on any atom is -0.294 e. The summed E-state index contributed by atoms with van der Waals surface area (Å²) in [5, 5.41) is 0. The summed E-state index contributed by atoms with van der Waals surface area (Å²) in [4.78, 5) is 12.2. The van der Waals surface area contributed by atoms with Crippen LogP contribution in [0.4, 0.5) is 8.78 Å². The fraction of sp³-hybridized carbons (Fsp3) is 0.500. The van der Waals surface area contributed by atoms with Gasteiger partial charge in [0.05, 0.1) is 0 Å². The molecule has 1 atom stereocenters. The Balaban J connectivity index is 2.28. The molecule has 0 aromatic heterocycles. The molecule has 1 aromatic carbocycles. The van der Waals surface area contributed by atoms with Gasteiger partial charge in [-0.25, -0.2) is 8.78 Å². The molecule has 1 nitrogen and oxygen atoms in total. The van der Waals surface area contributed by atoms with Crippen LogP contribution < -0.4 is 0 Å². The van der Waals surface area contributed by atoms with Crippen LogP contribution in [0.3, 0.4) is 0 Å². The lowest BCUT2D eigenvalue weighted by atomic mass is 9.78. The Bertz CT molecular complexity index is 452. The van der Waals surface area contributed by atoms with Crippen LogP contribution in [-0.4, -0.2) is 5.78 Å². The van der Waals surface area contributed by atoms with Gasteiger partial charge >= 0.3 is 0 Å². The zero-order valence-electron chi connectivity index (χ0n) is 10.1. The van der Waals surface area contributed by atoms with E-state index in [0.29, 0.717) is 0 Å². The van der Waals surface area contributed by atoms with Crippen LogP contribution in [0.25, 0.3) is 0 Å². The quantitative estimate of drug-likeness (QED) is 0.712. The lowest BCUT2D eigenvalue weighted by molar-refractivity contribution is 0.0838. The van der Waals surface area contributed by atoms with E-state index < -0.39 is 11.6 Å². The second kappa shape index (κ2) is 4.21. The van der Waals surface area contributed by atoms with E-state index in [1.54, 1.807) is 0 Å². The van der Waals surface area contributed by atoms with Gasteiger partial charge in [-0.05, 0) is 36.5 Å². The molecule has 0 bridgehead atoms. The van der Waals surface area contributed by atoms with Crippen LogP contribution in [0.2, 0.25) is 0 Å². The van der Waals surface area contributed by atoms with E-state index >= 15 is 0 Å².